The van der Waals surface area contributed by atoms with E-state index in [1.807, 2.05) is 18.2 Å². The third-order valence-corrected chi connectivity index (χ3v) is 3.96. The second kappa shape index (κ2) is 5.94. The van der Waals surface area contributed by atoms with E-state index in [-0.39, 0.29) is 17.5 Å². The van der Waals surface area contributed by atoms with Crippen LogP contribution in [0.3, 0.4) is 0 Å². The smallest absolute Gasteiger partial charge is 0.261 e. The van der Waals surface area contributed by atoms with Gasteiger partial charge in [0.05, 0.1) is 29.4 Å². The highest BCUT2D eigenvalue weighted by Gasteiger charge is 2.18. The zero-order valence-corrected chi connectivity index (χ0v) is 12.0. The van der Waals surface area contributed by atoms with Crippen LogP contribution in [0.15, 0.2) is 29.1 Å². The van der Waals surface area contributed by atoms with Gasteiger partial charge in [-0.3, -0.25) is 9.36 Å². The molecule has 1 fully saturated rings. The Morgan fingerprint density at radius 3 is 2.95 bits per heavy atom. The van der Waals surface area contributed by atoms with Gasteiger partial charge in [-0.15, -0.1) is 11.6 Å². The molecule has 4 nitrogen and oxygen atoms in total. The lowest BCUT2D eigenvalue weighted by Crippen LogP contribution is -2.33. The van der Waals surface area contributed by atoms with E-state index in [1.54, 1.807) is 10.6 Å². The maximum atomic E-state index is 12.6. The molecule has 1 aromatic heterocycles. The van der Waals surface area contributed by atoms with Crippen molar-refractivity contribution in [2.24, 2.45) is 0 Å². The van der Waals surface area contributed by atoms with Crippen LogP contribution >= 0.6 is 11.6 Å². The van der Waals surface area contributed by atoms with E-state index in [1.165, 1.54) is 0 Å². The molecule has 2 aromatic rings. The lowest BCUT2D eigenvalue weighted by molar-refractivity contribution is 0.00496. The molecule has 0 spiro atoms. The van der Waals surface area contributed by atoms with Gasteiger partial charge in [-0.2, -0.15) is 0 Å². The van der Waals surface area contributed by atoms with Crippen molar-refractivity contribution < 1.29 is 4.74 Å². The highest BCUT2D eigenvalue weighted by atomic mass is 35.5. The Hall–Kier alpha value is -1.39. The predicted octanol–water partition coefficient (Wildman–Crippen LogP) is 2.70. The predicted molar refractivity (Wildman–Crippen MR) is 79.2 cm³/mol. The van der Waals surface area contributed by atoms with Crippen molar-refractivity contribution in [3.8, 4) is 0 Å². The molecule has 20 heavy (non-hydrogen) atoms. The van der Waals surface area contributed by atoms with E-state index < -0.39 is 0 Å². The number of alkyl halides is 1. The minimum absolute atomic E-state index is 0.0274. The van der Waals surface area contributed by atoms with Crippen molar-refractivity contribution in [1.82, 2.24) is 9.55 Å². The number of benzene rings is 1. The Morgan fingerprint density at radius 1 is 1.35 bits per heavy atom. The molecule has 106 valence electrons. The van der Waals surface area contributed by atoms with Crippen molar-refractivity contribution in [2.75, 3.05) is 6.61 Å². The second-order valence-electron chi connectivity index (χ2n) is 5.08. The van der Waals surface area contributed by atoms with Gasteiger partial charge in [-0.05, 0) is 31.4 Å². The standard InChI is InChI=1S/C15H17ClN2O2/c16-9-14-17-13-7-2-1-6-12(13)15(19)18(14)10-11-5-3-4-8-20-11/h1-2,6-7,11H,3-5,8-10H2. The van der Waals surface area contributed by atoms with Gasteiger partial charge in [0.25, 0.3) is 5.56 Å². The molecular formula is C15H17ClN2O2. The summed E-state index contributed by atoms with van der Waals surface area (Å²) in [5.41, 5.74) is 0.675. The molecule has 0 aliphatic carbocycles. The molecule has 3 rings (SSSR count). The van der Waals surface area contributed by atoms with E-state index >= 15 is 0 Å². The first-order valence-corrected chi connectivity index (χ1v) is 7.49. The number of fused-ring (bicyclic) bond motifs is 1. The van der Waals surface area contributed by atoms with Crippen molar-refractivity contribution in [1.29, 1.82) is 0 Å². The van der Waals surface area contributed by atoms with Crippen LogP contribution < -0.4 is 5.56 Å². The lowest BCUT2D eigenvalue weighted by atomic mass is 10.1. The average molecular weight is 293 g/mol. The third-order valence-electron chi connectivity index (χ3n) is 3.72. The second-order valence-corrected chi connectivity index (χ2v) is 5.35. The van der Waals surface area contributed by atoms with E-state index in [2.05, 4.69) is 4.98 Å². The first-order chi connectivity index (χ1) is 9.79. The zero-order valence-electron chi connectivity index (χ0n) is 11.2. The van der Waals surface area contributed by atoms with E-state index in [0.717, 1.165) is 25.9 Å². The summed E-state index contributed by atoms with van der Waals surface area (Å²) in [5.74, 6) is 0.844. The van der Waals surface area contributed by atoms with Crippen molar-refractivity contribution in [3.63, 3.8) is 0 Å². The molecule has 1 atom stereocenters. The van der Waals surface area contributed by atoms with Crippen LogP contribution in [-0.4, -0.2) is 22.3 Å². The van der Waals surface area contributed by atoms with Crippen LogP contribution in [0, 0.1) is 0 Å². The molecule has 1 saturated heterocycles. The SMILES string of the molecule is O=c1c2ccccc2nc(CCl)n1CC1CCCCO1. The molecular weight excluding hydrogens is 276 g/mol. The summed E-state index contributed by atoms with van der Waals surface area (Å²) >= 11 is 5.96. The van der Waals surface area contributed by atoms with Gasteiger partial charge >= 0.3 is 0 Å². The van der Waals surface area contributed by atoms with Crippen LogP contribution in [0.2, 0.25) is 0 Å². The van der Waals surface area contributed by atoms with Gasteiger partial charge in [0, 0.05) is 6.61 Å². The molecule has 0 radical (unpaired) electrons. The summed E-state index contributed by atoms with van der Waals surface area (Å²) in [6.07, 6.45) is 3.33. The summed E-state index contributed by atoms with van der Waals surface area (Å²) in [5, 5.41) is 0.636. The minimum atomic E-state index is -0.0274. The van der Waals surface area contributed by atoms with Crippen LogP contribution in [-0.2, 0) is 17.2 Å². The quantitative estimate of drug-likeness (QED) is 0.817. The third kappa shape index (κ3) is 2.58. The Bertz CT molecular complexity index is 662. The van der Waals surface area contributed by atoms with Gasteiger partial charge in [0.2, 0.25) is 0 Å². The first-order valence-electron chi connectivity index (χ1n) is 6.95. The Kier molecular flexibility index (Phi) is 4.03. The van der Waals surface area contributed by atoms with E-state index in [9.17, 15) is 4.79 Å². The fourth-order valence-electron chi connectivity index (χ4n) is 2.66. The van der Waals surface area contributed by atoms with Gasteiger partial charge in [-0.25, -0.2) is 4.98 Å². The molecule has 0 N–H and O–H groups in total. The normalized spacial score (nSPS) is 19.4. The van der Waals surface area contributed by atoms with Gasteiger partial charge in [-0.1, -0.05) is 12.1 Å². The number of nitrogens with zero attached hydrogens (tertiary/aromatic N) is 2. The number of hydrogen-bond donors (Lipinski definition) is 0. The zero-order chi connectivity index (χ0) is 13.9. The fraction of sp³-hybridized carbons (Fsp3) is 0.467. The fourth-order valence-corrected chi connectivity index (χ4v) is 2.86. The van der Waals surface area contributed by atoms with E-state index in [4.69, 9.17) is 16.3 Å². The van der Waals surface area contributed by atoms with Gasteiger partial charge in [0.1, 0.15) is 5.82 Å². The summed E-state index contributed by atoms with van der Waals surface area (Å²) in [7, 11) is 0. The number of hydrogen-bond acceptors (Lipinski definition) is 3. The molecule has 0 saturated carbocycles. The highest BCUT2D eigenvalue weighted by Crippen LogP contribution is 2.16. The largest absolute Gasteiger partial charge is 0.376 e. The number of halogens is 1. The lowest BCUT2D eigenvalue weighted by Gasteiger charge is -2.24. The summed E-state index contributed by atoms with van der Waals surface area (Å²) in [6, 6.07) is 7.38. The molecule has 1 aliphatic rings. The maximum absolute atomic E-state index is 12.6. The number of aromatic nitrogens is 2. The first kappa shape index (κ1) is 13.6. The van der Waals surface area contributed by atoms with Crippen molar-refractivity contribution >= 4 is 22.5 Å². The monoisotopic (exact) mass is 292 g/mol. The Balaban J connectivity index is 2.03. The topological polar surface area (TPSA) is 44.1 Å². The maximum Gasteiger partial charge on any atom is 0.261 e. The van der Waals surface area contributed by atoms with Crippen molar-refractivity contribution in [2.45, 2.75) is 37.8 Å². The Morgan fingerprint density at radius 2 is 2.20 bits per heavy atom. The Labute approximate surface area is 122 Å². The van der Waals surface area contributed by atoms with Crippen LogP contribution in [0.5, 0.6) is 0 Å². The van der Waals surface area contributed by atoms with E-state index in [0.29, 0.717) is 23.3 Å². The number of rotatable bonds is 3. The van der Waals surface area contributed by atoms with Gasteiger partial charge < -0.3 is 4.74 Å². The number of para-hydroxylation sites is 1. The summed E-state index contributed by atoms with van der Waals surface area (Å²) < 4.78 is 7.39. The average Bonchev–Trinajstić information content (AvgIpc) is 2.51. The van der Waals surface area contributed by atoms with Crippen LogP contribution in [0.25, 0.3) is 10.9 Å². The molecule has 2 heterocycles. The van der Waals surface area contributed by atoms with Crippen molar-refractivity contribution in [3.05, 3.63) is 40.4 Å². The minimum Gasteiger partial charge on any atom is -0.376 e. The summed E-state index contributed by atoms with van der Waals surface area (Å²) in [4.78, 5) is 17.1. The number of ether oxygens (including phenoxy) is 1. The molecule has 5 heteroatoms. The summed E-state index contributed by atoms with van der Waals surface area (Å²) in [6.45, 7) is 1.31. The van der Waals surface area contributed by atoms with Crippen LogP contribution in [0.4, 0.5) is 0 Å². The van der Waals surface area contributed by atoms with Gasteiger partial charge in [0.15, 0.2) is 0 Å². The highest BCUT2D eigenvalue weighted by molar-refractivity contribution is 6.16. The molecule has 0 bridgehead atoms. The van der Waals surface area contributed by atoms with Crippen LogP contribution in [0.1, 0.15) is 25.1 Å². The molecule has 1 aliphatic heterocycles. The molecule has 0 amide bonds. The molecule has 1 aromatic carbocycles. The molecule has 1 unspecified atom stereocenters.